The van der Waals surface area contributed by atoms with Crippen LogP contribution in [0.1, 0.15) is 101 Å². The van der Waals surface area contributed by atoms with Crippen LogP contribution in [0, 0.1) is 0 Å². The standard InChI is InChI=1S/C64H58N8/c1-5-9-13-37-17-21-41-29-49-53(33-45(41)25-37)61-65-57(49)70-62-55-35-47-27-39(15-11-7-3)19-23-43(47)31-51(55)59(67-62)72-64-56-36-48-28-40(16-12-8-4)20-24-44(48)32-52(56)60(68-64)71-63-54-34-46-26-38(14-10-6-2)18-22-42(46)30-50(54)58(66-63)69-61/h17-36H,5-16H2,1-4H3,(H2,65,66,67,68,69,70,71,72). The fourth-order valence-electron chi connectivity index (χ4n) is 11.1. The highest BCUT2D eigenvalue weighted by molar-refractivity contribution is 6.13. The molecule has 0 saturated heterocycles. The summed E-state index contributed by atoms with van der Waals surface area (Å²) in [5.74, 6) is 2.43. The van der Waals surface area contributed by atoms with E-state index < -0.39 is 0 Å². The SMILES string of the molecule is CCCCc1ccc2cc3c(cc2c1)-c1nc-3nc2[nH]c(nc3nc(nc4[nH]c(n1)c1cc5ccc(CCCC)cc5cc41)-c1cc4ccc(CCCC)cc4cc1-3)c1cc3ccc(CCCC)cc3cc21. The average molecular weight is 939 g/mol. The van der Waals surface area contributed by atoms with Gasteiger partial charge in [-0.3, -0.25) is 0 Å². The Bertz CT molecular complexity index is 3910. The van der Waals surface area contributed by atoms with E-state index in [1.165, 1.54) is 43.8 Å². The van der Waals surface area contributed by atoms with Gasteiger partial charge in [0.15, 0.2) is 23.3 Å². The second-order valence-electron chi connectivity index (χ2n) is 20.3. The minimum atomic E-state index is 0.606. The zero-order valence-electron chi connectivity index (χ0n) is 41.7. The zero-order chi connectivity index (χ0) is 48.5. The average Bonchev–Trinajstić information content (AvgIpc) is 4.12. The Morgan fingerprint density at radius 3 is 0.819 bits per heavy atom. The molecule has 0 amide bonds. The first-order chi connectivity index (χ1) is 35.4. The smallest absolute Gasteiger partial charge is 0.164 e. The van der Waals surface area contributed by atoms with Gasteiger partial charge in [0, 0.05) is 43.8 Å². The first-order valence-electron chi connectivity index (χ1n) is 26.5. The third-order valence-electron chi connectivity index (χ3n) is 15.2. The van der Waals surface area contributed by atoms with E-state index >= 15 is 0 Å². The maximum atomic E-state index is 5.50. The molecule has 0 atom stereocenters. The maximum absolute atomic E-state index is 5.50. The van der Waals surface area contributed by atoms with E-state index in [0.29, 0.717) is 45.9 Å². The number of unbranched alkanes of at least 4 members (excludes halogenated alkanes) is 4. The molecule has 2 aliphatic heterocycles. The first kappa shape index (κ1) is 44.1. The predicted molar refractivity (Wildman–Crippen MR) is 301 cm³/mol. The van der Waals surface area contributed by atoms with Gasteiger partial charge in [-0.05, 0) is 165 Å². The van der Waals surface area contributed by atoms with E-state index in [1.54, 1.807) is 0 Å². The van der Waals surface area contributed by atoms with Crippen LogP contribution in [0.4, 0.5) is 0 Å². The Kier molecular flexibility index (Phi) is 11.1. The minimum Gasteiger partial charge on any atom is -0.324 e. The third kappa shape index (κ3) is 7.84. The lowest BCUT2D eigenvalue weighted by atomic mass is 9.98. The van der Waals surface area contributed by atoms with Gasteiger partial charge in [-0.2, -0.15) is 0 Å². The number of hydrogen-bond acceptors (Lipinski definition) is 6. The molecule has 354 valence electrons. The lowest BCUT2D eigenvalue weighted by Gasteiger charge is -2.06. The molecule has 2 N–H and O–H groups in total. The fraction of sp³-hybridized carbons (Fsp3) is 0.250. The Morgan fingerprint density at radius 1 is 0.278 bits per heavy atom. The summed E-state index contributed by atoms with van der Waals surface area (Å²) < 4.78 is 0. The summed E-state index contributed by atoms with van der Waals surface area (Å²) in [4.78, 5) is 40.2. The van der Waals surface area contributed by atoms with Gasteiger partial charge in [0.1, 0.15) is 22.6 Å². The van der Waals surface area contributed by atoms with Crippen molar-refractivity contribution in [2.75, 3.05) is 0 Å². The van der Waals surface area contributed by atoms with E-state index in [1.807, 2.05) is 0 Å². The van der Waals surface area contributed by atoms with E-state index in [4.69, 9.17) is 29.9 Å². The number of rotatable bonds is 12. The van der Waals surface area contributed by atoms with Gasteiger partial charge in [0.2, 0.25) is 0 Å². The number of benzene rings is 8. The van der Waals surface area contributed by atoms with Crippen molar-refractivity contribution >= 4 is 87.2 Å². The Labute approximate surface area is 419 Å². The molecule has 3 aromatic heterocycles. The van der Waals surface area contributed by atoms with Gasteiger partial charge in [-0.25, -0.2) is 29.9 Å². The van der Waals surface area contributed by atoms with Crippen LogP contribution in [-0.4, -0.2) is 39.9 Å². The molecule has 72 heavy (non-hydrogen) atoms. The van der Waals surface area contributed by atoms with Crippen LogP contribution < -0.4 is 0 Å². The summed E-state index contributed by atoms with van der Waals surface area (Å²) in [5, 5.41) is 13.2. The monoisotopic (exact) mass is 938 g/mol. The number of hydrogen-bond donors (Lipinski definition) is 2. The van der Waals surface area contributed by atoms with E-state index in [0.717, 1.165) is 142 Å². The Balaban J connectivity index is 1.14. The van der Waals surface area contributed by atoms with Crippen molar-refractivity contribution in [3.63, 3.8) is 0 Å². The number of aromatic nitrogens is 8. The molecule has 8 bridgehead atoms. The summed E-state index contributed by atoms with van der Waals surface area (Å²) in [5.41, 5.74) is 11.9. The van der Waals surface area contributed by atoms with Gasteiger partial charge < -0.3 is 9.97 Å². The maximum Gasteiger partial charge on any atom is 0.164 e. The summed E-state index contributed by atoms with van der Waals surface area (Å²) in [6.45, 7) is 9.00. The Morgan fingerprint density at radius 2 is 0.528 bits per heavy atom. The number of aryl methyl sites for hydroxylation is 4. The topological polar surface area (TPSA) is 109 Å². The summed E-state index contributed by atoms with van der Waals surface area (Å²) >= 11 is 0. The van der Waals surface area contributed by atoms with Gasteiger partial charge in [0.25, 0.3) is 0 Å². The van der Waals surface area contributed by atoms with Crippen molar-refractivity contribution in [2.24, 2.45) is 0 Å². The van der Waals surface area contributed by atoms with Crippen LogP contribution in [0.3, 0.4) is 0 Å². The van der Waals surface area contributed by atoms with Crippen LogP contribution in [0.2, 0.25) is 0 Å². The number of nitrogens with zero attached hydrogens (tertiary/aromatic N) is 6. The highest BCUT2D eigenvalue weighted by atomic mass is 15.1. The van der Waals surface area contributed by atoms with Gasteiger partial charge in [-0.15, -0.1) is 0 Å². The molecule has 0 spiro atoms. The summed E-state index contributed by atoms with van der Waals surface area (Å²) in [6.07, 6.45) is 13.4. The highest BCUT2D eigenvalue weighted by Gasteiger charge is 2.24. The molecular formula is C64H58N8. The normalized spacial score (nSPS) is 12.3. The molecule has 2 aliphatic rings. The number of nitrogens with one attached hydrogen (secondary N) is 2. The van der Waals surface area contributed by atoms with Crippen molar-refractivity contribution in [3.8, 4) is 45.6 Å². The highest BCUT2D eigenvalue weighted by Crippen LogP contribution is 2.41. The molecule has 0 unspecified atom stereocenters. The second-order valence-corrected chi connectivity index (χ2v) is 20.3. The zero-order valence-corrected chi connectivity index (χ0v) is 41.7. The van der Waals surface area contributed by atoms with Crippen LogP contribution >= 0.6 is 0 Å². The van der Waals surface area contributed by atoms with E-state index in [-0.39, 0.29) is 0 Å². The quantitative estimate of drug-likeness (QED) is 0.126. The predicted octanol–water partition coefficient (Wildman–Crippen LogP) is 16.9. The molecule has 8 aromatic carbocycles. The molecule has 0 aliphatic carbocycles. The Hall–Kier alpha value is -7.84. The lowest BCUT2D eigenvalue weighted by Crippen LogP contribution is -1.88. The van der Waals surface area contributed by atoms with Crippen molar-refractivity contribution in [2.45, 2.75) is 105 Å². The molecule has 8 nitrogen and oxygen atoms in total. The molecule has 0 radical (unpaired) electrons. The van der Waals surface area contributed by atoms with Crippen LogP contribution in [0.5, 0.6) is 0 Å². The first-order valence-corrected chi connectivity index (χ1v) is 26.5. The lowest BCUT2D eigenvalue weighted by molar-refractivity contribution is 0.796. The van der Waals surface area contributed by atoms with E-state index in [9.17, 15) is 0 Å². The van der Waals surface area contributed by atoms with Gasteiger partial charge >= 0.3 is 0 Å². The summed E-state index contributed by atoms with van der Waals surface area (Å²) in [6, 6.07) is 45.5. The van der Waals surface area contributed by atoms with Gasteiger partial charge in [0.05, 0.1) is 0 Å². The molecular weight excluding hydrogens is 881 g/mol. The third-order valence-corrected chi connectivity index (χ3v) is 15.2. The number of aromatic amines is 2. The number of fused-ring (bicyclic) bond motifs is 24. The molecule has 5 heterocycles. The second kappa shape index (κ2) is 18.1. The molecule has 11 aromatic rings. The van der Waals surface area contributed by atoms with Crippen molar-refractivity contribution < 1.29 is 0 Å². The van der Waals surface area contributed by atoms with E-state index in [2.05, 4.69) is 159 Å². The van der Waals surface area contributed by atoms with Crippen LogP contribution in [0.15, 0.2) is 121 Å². The molecule has 0 fully saturated rings. The van der Waals surface area contributed by atoms with Gasteiger partial charge in [-0.1, -0.05) is 126 Å². The minimum absolute atomic E-state index is 0.606. The van der Waals surface area contributed by atoms with Crippen LogP contribution in [0.25, 0.3) is 133 Å². The largest absolute Gasteiger partial charge is 0.324 e. The fourth-order valence-corrected chi connectivity index (χ4v) is 11.1. The van der Waals surface area contributed by atoms with Crippen LogP contribution in [-0.2, 0) is 25.7 Å². The number of H-pyrrole nitrogens is 2. The molecule has 8 heteroatoms. The van der Waals surface area contributed by atoms with Crippen molar-refractivity contribution in [1.29, 1.82) is 0 Å². The summed E-state index contributed by atoms with van der Waals surface area (Å²) in [7, 11) is 0. The molecule has 0 saturated carbocycles. The van der Waals surface area contributed by atoms with Crippen molar-refractivity contribution in [1.82, 2.24) is 39.9 Å². The van der Waals surface area contributed by atoms with Crippen molar-refractivity contribution in [3.05, 3.63) is 144 Å². The molecule has 13 rings (SSSR count).